The lowest BCUT2D eigenvalue weighted by Gasteiger charge is -2.38. The second-order valence-electron chi connectivity index (χ2n) is 8.86. The van der Waals surface area contributed by atoms with Crippen molar-refractivity contribution in [2.75, 3.05) is 6.54 Å². The summed E-state index contributed by atoms with van der Waals surface area (Å²) >= 11 is 1.46. The topological polar surface area (TPSA) is 58.6 Å². The molecule has 0 aliphatic carbocycles. The summed E-state index contributed by atoms with van der Waals surface area (Å²) in [6, 6.07) is 29.4. The third kappa shape index (κ3) is 5.19. The van der Waals surface area contributed by atoms with E-state index in [1.165, 1.54) is 16.9 Å². The maximum atomic E-state index is 13.4. The summed E-state index contributed by atoms with van der Waals surface area (Å²) in [4.78, 5) is 28.8. The first kappa shape index (κ1) is 23.8. The summed E-state index contributed by atoms with van der Waals surface area (Å²) < 4.78 is 6.07. The number of ether oxygens (including phenoxy) is 1. The first-order valence-electron chi connectivity index (χ1n) is 12.1. The fourth-order valence-electron chi connectivity index (χ4n) is 4.61. The maximum absolute atomic E-state index is 13.4. The van der Waals surface area contributed by atoms with E-state index in [1.54, 1.807) is 6.92 Å². The van der Waals surface area contributed by atoms with Crippen molar-refractivity contribution < 1.29 is 14.3 Å². The molecule has 1 aliphatic rings. The van der Waals surface area contributed by atoms with Crippen molar-refractivity contribution in [3.63, 3.8) is 0 Å². The molecule has 0 bridgehead atoms. The number of benzene rings is 3. The van der Waals surface area contributed by atoms with E-state index in [9.17, 15) is 9.59 Å². The number of rotatable bonds is 7. The lowest BCUT2D eigenvalue weighted by atomic mass is 9.87. The minimum absolute atomic E-state index is 0.0319. The van der Waals surface area contributed by atoms with Crippen LogP contribution in [-0.2, 0) is 17.8 Å². The molecule has 1 aliphatic heterocycles. The van der Waals surface area contributed by atoms with Crippen molar-refractivity contribution in [2.24, 2.45) is 0 Å². The van der Waals surface area contributed by atoms with Crippen molar-refractivity contribution in [1.82, 2.24) is 10.2 Å². The zero-order chi connectivity index (χ0) is 24.9. The van der Waals surface area contributed by atoms with E-state index in [2.05, 4.69) is 23.5 Å². The molecule has 1 N–H and O–H groups in total. The van der Waals surface area contributed by atoms with Gasteiger partial charge < -0.3 is 15.0 Å². The SMILES string of the molecule is CC(Oc1ccc2c(c1)C(c1ccccc1)N(C(=O)c1cccs1)CC2)C(=O)NCc1ccccc1. The lowest BCUT2D eigenvalue weighted by Crippen LogP contribution is -2.40. The van der Waals surface area contributed by atoms with Crippen LogP contribution in [0.3, 0.4) is 0 Å². The Labute approximate surface area is 215 Å². The monoisotopic (exact) mass is 496 g/mol. The molecule has 0 saturated carbocycles. The van der Waals surface area contributed by atoms with Crippen LogP contribution in [0.25, 0.3) is 0 Å². The Hall–Kier alpha value is -3.90. The Bertz CT molecular complexity index is 1320. The van der Waals surface area contributed by atoms with E-state index in [4.69, 9.17) is 4.74 Å². The van der Waals surface area contributed by atoms with Crippen LogP contribution in [0, 0.1) is 0 Å². The molecule has 2 atom stereocenters. The van der Waals surface area contributed by atoms with Gasteiger partial charge in [-0.3, -0.25) is 9.59 Å². The average molecular weight is 497 g/mol. The summed E-state index contributed by atoms with van der Waals surface area (Å²) in [5.74, 6) is 0.470. The highest BCUT2D eigenvalue weighted by Gasteiger charge is 2.33. The average Bonchev–Trinajstić information content (AvgIpc) is 3.47. The molecule has 0 saturated heterocycles. The summed E-state index contributed by atoms with van der Waals surface area (Å²) in [5.41, 5.74) is 4.31. The largest absolute Gasteiger partial charge is 0.481 e. The second-order valence-corrected chi connectivity index (χ2v) is 9.81. The summed E-state index contributed by atoms with van der Waals surface area (Å²) in [7, 11) is 0. The Morgan fingerprint density at radius 2 is 1.75 bits per heavy atom. The Balaban J connectivity index is 1.38. The van der Waals surface area contributed by atoms with Gasteiger partial charge in [-0.05, 0) is 59.2 Å². The standard InChI is InChI=1S/C30H28N2O3S/c1-21(29(33)31-20-22-9-4-2-5-10-22)35-25-15-14-23-16-17-32(30(34)27-13-8-18-36-27)28(26(23)19-25)24-11-6-3-7-12-24/h2-15,18-19,21,28H,16-17,20H2,1H3,(H,31,33). The molecule has 3 aromatic carbocycles. The predicted octanol–water partition coefficient (Wildman–Crippen LogP) is 5.62. The van der Waals surface area contributed by atoms with E-state index < -0.39 is 6.10 Å². The number of amides is 2. The fourth-order valence-corrected chi connectivity index (χ4v) is 5.29. The Morgan fingerprint density at radius 3 is 2.47 bits per heavy atom. The predicted molar refractivity (Wildman–Crippen MR) is 142 cm³/mol. The normalized spacial score (nSPS) is 15.6. The molecule has 5 nitrogen and oxygen atoms in total. The highest BCUT2D eigenvalue weighted by atomic mass is 32.1. The maximum Gasteiger partial charge on any atom is 0.264 e. The molecule has 0 fully saturated rings. The molecule has 2 amide bonds. The van der Waals surface area contributed by atoms with Crippen LogP contribution in [0.1, 0.15) is 44.9 Å². The highest BCUT2D eigenvalue weighted by molar-refractivity contribution is 7.12. The molecule has 36 heavy (non-hydrogen) atoms. The van der Waals surface area contributed by atoms with Gasteiger partial charge in [0.25, 0.3) is 11.8 Å². The number of thiophene rings is 1. The molecule has 4 aromatic rings. The number of nitrogens with zero attached hydrogens (tertiary/aromatic N) is 1. The van der Waals surface area contributed by atoms with E-state index in [1.807, 2.05) is 83.1 Å². The molecule has 2 unspecified atom stereocenters. The Morgan fingerprint density at radius 1 is 1.00 bits per heavy atom. The first-order valence-corrected chi connectivity index (χ1v) is 13.0. The van der Waals surface area contributed by atoms with Gasteiger partial charge in [0, 0.05) is 13.1 Å². The zero-order valence-electron chi connectivity index (χ0n) is 20.1. The number of hydrogen-bond acceptors (Lipinski definition) is 4. The van der Waals surface area contributed by atoms with Crippen LogP contribution >= 0.6 is 11.3 Å². The lowest BCUT2D eigenvalue weighted by molar-refractivity contribution is -0.127. The van der Waals surface area contributed by atoms with Crippen molar-refractivity contribution >= 4 is 23.2 Å². The molecule has 182 valence electrons. The fraction of sp³-hybridized carbons (Fsp3) is 0.200. The van der Waals surface area contributed by atoms with Gasteiger partial charge in [0.05, 0.1) is 10.9 Å². The van der Waals surface area contributed by atoms with Gasteiger partial charge in [0.15, 0.2) is 6.10 Å². The molecule has 5 rings (SSSR count). The highest BCUT2D eigenvalue weighted by Crippen LogP contribution is 2.38. The van der Waals surface area contributed by atoms with Crippen LogP contribution in [0.2, 0.25) is 0 Å². The summed E-state index contributed by atoms with van der Waals surface area (Å²) in [6.45, 7) is 2.84. The van der Waals surface area contributed by atoms with Crippen LogP contribution in [-0.4, -0.2) is 29.4 Å². The van der Waals surface area contributed by atoms with E-state index in [-0.39, 0.29) is 17.9 Å². The zero-order valence-corrected chi connectivity index (χ0v) is 20.9. The van der Waals surface area contributed by atoms with Gasteiger partial charge in [-0.2, -0.15) is 0 Å². The first-order chi connectivity index (χ1) is 17.6. The minimum atomic E-state index is -0.658. The number of carbonyl (C=O) groups is 2. The molecule has 1 aromatic heterocycles. The molecule has 0 spiro atoms. The number of hydrogen-bond donors (Lipinski definition) is 1. The van der Waals surface area contributed by atoms with Crippen molar-refractivity contribution in [3.05, 3.63) is 124 Å². The van der Waals surface area contributed by atoms with E-state index in [0.717, 1.165) is 28.0 Å². The van der Waals surface area contributed by atoms with Crippen LogP contribution in [0.15, 0.2) is 96.4 Å². The van der Waals surface area contributed by atoms with Crippen LogP contribution in [0.5, 0.6) is 5.75 Å². The number of carbonyl (C=O) groups excluding carboxylic acids is 2. The summed E-state index contributed by atoms with van der Waals surface area (Å²) in [6.07, 6.45) is 0.109. The van der Waals surface area contributed by atoms with Crippen LogP contribution in [0.4, 0.5) is 0 Å². The van der Waals surface area contributed by atoms with Gasteiger partial charge >= 0.3 is 0 Å². The van der Waals surface area contributed by atoms with Gasteiger partial charge in [-0.15, -0.1) is 11.3 Å². The van der Waals surface area contributed by atoms with Gasteiger partial charge in [-0.1, -0.05) is 72.8 Å². The van der Waals surface area contributed by atoms with E-state index in [0.29, 0.717) is 18.8 Å². The molecule has 2 heterocycles. The molecule has 6 heteroatoms. The molecular weight excluding hydrogens is 468 g/mol. The van der Waals surface area contributed by atoms with Crippen LogP contribution < -0.4 is 10.1 Å². The van der Waals surface area contributed by atoms with Crippen molar-refractivity contribution in [1.29, 1.82) is 0 Å². The van der Waals surface area contributed by atoms with Crippen molar-refractivity contribution in [3.8, 4) is 5.75 Å². The quantitative estimate of drug-likeness (QED) is 0.361. The minimum Gasteiger partial charge on any atom is -0.481 e. The summed E-state index contributed by atoms with van der Waals surface area (Å²) in [5, 5.41) is 4.87. The number of fused-ring (bicyclic) bond motifs is 1. The van der Waals surface area contributed by atoms with E-state index >= 15 is 0 Å². The third-order valence-corrected chi connectivity index (χ3v) is 7.30. The Kier molecular flexibility index (Phi) is 7.14. The molecular formula is C30H28N2O3S. The van der Waals surface area contributed by atoms with Gasteiger partial charge in [-0.25, -0.2) is 0 Å². The number of nitrogens with one attached hydrogen (secondary N) is 1. The molecule has 0 radical (unpaired) electrons. The van der Waals surface area contributed by atoms with Gasteiger partial charge in [0.2, 0.25) is 0 Å². The van der Waals surface area contributed by atoms with Crippen molar-refractivity contribution in [2.45, 2.75) is 32.0 Å². The smallest absolute Gasteiger partial charge is 0.264 e. The van der Waals surface area contributed by atoms with Gasteiger partial charge in [0.1, 0.15) is 5.75 Å². The second kappa shape index (κ2) is 10.8. The third-order valence-electron chi connectivity index (χ3n) is 6.45.